The van der Waals surface area contributed by atoms with E-state index < -0.39 is 45.4 Å². The van der Waals surface area contributed by atoms with Gasteiger partial charge in [0.1, 0.15) is 5.41 Å². The van der Waals surface area contributed by atoms with E-state index in [0.717, 1.165) is 57.8 Å². The average molecular weight is 507 g/mol. The van der Waals surface area contributed by atoms with Crippen LogP contribution in [0.3, 0.4) is 0 Å². The van der Waals surface area contributed by atoms with Crippen LogP contribution in [-0.4, -0.2) is 50.2 Å². The van der Waals surface area contributed by atoms with Gasteiger partial charge in [-0.3, -0.25) is 9.59 Å². The molecule has 3 fully saturated rings. The Morgan fingerprint density at radius 3 is 1.22 bits per heavy atom. The van der Waals surface area contributed by atoms with E-state index in [1.807, 2.05) is 4.90 Å². The molecule has 0 aromatic carbocycles. The van der Waals surface area contributed by atoms with Gasteiger partial charge in [-0.1, -0.05) is 99.3 Å². The van der Waals surface area contributed by atoms with Crippen LogP contribution in [0.5, 0.6) is 0 Å². The monoisotopic (exact) mass is 506 g/mol. The fraction of sp³-hybridized carbons (Fsp3) is 0.933. The fourth-order valence-corrected chi connectivity index (χ4v) is 8.19. The summed E-state index contributed by atoms with van der Waals surface area (Å²) in [5.41, 5.74) is 1.71. The number of nitrogens with zero attached hydrogens (tertiary/aromatic N) is 1. The first kappa shape index (κ1) is 29.4. The van der Waals surface area contributed by atoms with Crippen molar-refractivity contribution in [1.29, 1.82) is 0 Å². The Hall–Kier alpha value is -1.14. The molecular formula is C30H54N2O4. The third kappa shape index (κ3) is 5.65. The predicted octanol–water partition coefficient (Wildman–Crippen LogP) is 5.47. The highest BCUT2D eigenvalue weighted by Gasteiger charge is 2.60. The van der Waals surface area contributed by atoms with E-state index in [1.165, 1.54) is 0 Å². The highest BCUT2D eigenvalue weighted by Crippen LogP contribution is 2.51. The maximum absolute atomic E-state index is 15.0. The molecule has 2 atom stereocenters. The van der Waals surface area contributed by atoms with Crippen molar-refractivity contribution in [3.8, 4) is 0 Å². The number of primary amides is 1. The maximum Gasteiger partial charge on any atom is 0.238 e. The van der Waals surface area contributed by atoms with E-state index in [1.54, 1.807) is 0 Å². The van der Waals surface area contributed by atoms with Gasteiger partial charge in [0.25, 0.3) is 0 Å². The molecule has 6 heteroatoms. The minimum Gasteiger partial charge on any atom is -0.388 e. The number of carbonyl (C=O) groups is 2. The molecule has 0 spiro atoms. The first-order valence-corrected chi connectivity index (χ1v) is 14.7. The van der Waals surface area contributed by atoms with Crippen LogP contribution in [0.4, 0.5) is 0 Å². The molecule has 36 heavy (non-hydrogen) atoms. The molecule has 3 aliphatic carbocycles. The van der Waals surface area contributed by atoms with Crippen molar-refractivity contribution in [3.63, 3.8) is 0 Å². The van der Waals surface area contributed by atoms with Crippen molar-refractivity contribution in [2.75, 3.05) is 0 Å². The molecule has 0 aromatic rings. The number of nitrogens with two attached hydrogens (primary N) is 1. The van der Waals surface area contributed by atoms with Crippen LogP contribution < -0.4 is 5.73 Å². The van der Waals surface area contributed by atoms with Gasteiger partial charge in [0.15, 0.2) is 0 Å². The highest BCUT2D eigenvalue weighted by atomic mass is 16.3. The molecule has 208 valence electrons. The van der Waals surface area contributed by atoms with Crippen LogP contribution in [0.15, 0.2) is 0 Å². The SMILES string of the molecule is CC(C)(C)C(N(C(=O)C1(C(N)=O)CCCCC1)C(C(C)(C)C)C1(O)CCCCC1)C1(O)CCCCC1. The minimum absolute atomic E-state index is 0.257. The van der Waals surface area contributed by atoms with E-state index >= 15 is 4.79 Å². The molecule has 0 radical (unpaired) electrons. The van der Waals surface area contributed by atoms with Crippen molar-refractivity contribution < 1.29 is 19.8 Å². The van der Waals surface area contributed by atoms with Gasteiger partial charge in [0.05, 0.1) is 23.3 Å². The summed E-state index contributed by atoms with van der Waals surface area (Å²) in [6.45, 7) is 12.5. The lowest BCUT2D eigenvalue weighted by Crippen LogP contribution is -2.73. The van der Waals surface area contributed by atoms with Crippen molar-refractivity contribution in [2.45, 2.75) is 161 Å². The van der Waals surface area contributed by atoms with Crippen LogP contribution in [0, 0.1) is 16.2 Å². The highest BCUT2D eigenvalue weighted by molar-refractivity contribution is 6.04. The standard InChI is InChI=1S/C30H54N2O4/c1-26(2,3)22(29(35)18-12-8-13-19-29)32(25(34)28(24(31)33)16-10-7-11-17-28)23(27(4,5)6)30(36)20-14-9-15-21-30/h22-23,35-36H,7-21H2,1-6H3,(H2,31,33). The van der Waals surface area contributed by atoms with Crippen molar-refractivity contribution >= 4 is 11.8 Å². The summed E-state index contributed by atoms with van der Waals surface area (Å²) >= 11 is 0. The Morgan fingerprint density at radius 1 is 0.639 bits per heavy atom. The molecule has 6 nitrogen and oxygen atoms in total. The maximum atomic E-state index is 15.0. The van der Waals surface area contributed by atoms with Crippen LogP contribution in [0.1, 0.15) is 138 Å². The lowest BCUT2D eigenvalue weighted by atomic mass is 9.62. The zero-order valence-electron chi connectivity index (χ0n) is 24.0. The number of carbonyl (C=O) groups excluding carboxylic acids is 2. The van der Waals surface area contributed by atoms with Gasteiger partial charge in [0.2, 0.25) is 11.8 Å². The van der Waals surface area contributed by atoms with Crippen molar-refractivity contribution in [1.82, 2.24) is 4.90 Å². The second-order valence-corrected chi connectivity index (χ2v) is 14.6. The third-order valence-electron chi connectivity index (χ3n) is 9.48. The molecule has 3 rings (SSSR count). The number of hydrogen-bond donors (Lipinski definition) is 3. The van der Waals surface area contributed by atoms with Gasteiger partial charge in [-0.25, -0.2) is 0 Å². The molecule has 4 N–H and O–H groups in total. The Bertz CT molecular complexity index is 734. The molecule has 2 amide bonds. The van der Waals surface area contributed by atoms with E-state index in [-0.39, 0.29) is 5.91 Å². The van der Waals surface area contributed by atoms with Gasteiger partial charge < -0.3 is 20.8 Å². The lowest BCUT2D eigenvalue weighted by Gasteiger charge is -2.60. The van der Waals surface area contributed by atoms with Gasteiger partial charge in [-0.05, 0) is 49.4 Å². The molecule has 3 aliphatic rings. The van der Waals surface area contributed by atoms with Crippen LogP contribution in [0.25, 0.3) is 0 Å². The van der Waals surface area contributed by atoms with Crippen LogP contribution >= 0.6 is 0 Å². The van der Waals surface area contributed by atoms with E-state index in [9.17, 15) is 15.0 Å². The molecule has 0 bridgehead atoms. The zero-order chi connectivity index (χ0) is 27.0. The molecule has 3 saturated carbocycles. The first-order valence-electron chi connectivity index (χ1n) is 14.7. The summed E-state index contributed by atoms with van der Waals surface area (Å²) in [4.78, 5) is 30.0. The normalized spacial score (nSPS) is 26.0. The summed E-state index contributed by atoms with van der Waals surface area (Å²) in [6.07, 6.45) is 11.8. The van der Waals surface area contributed by atoms with Crippen LogP contribution in [-0.2, 0) is 9.59 Å². The summed E-state index contributed by atoms with van der Waals surface area (Å²) in [7, 11) is 0. The second kappa shape index (κ2) is 10.6. The van der Waals surface area contributed by atoms with Crippen LogP contribution in [0.2, 0.25) is 0 Å². The lowest BCUT2D eigenvalue weighted by molar-refractivity contribution is -0.199. The van der Waals surface area contributed by atoms with Gasteiger partial charge in [-0.15, -0.1) is 0 Å². The number of amides is 2. The average Bonchev–Trinajstić information content (AvgIpc) is 2.77. The molecule has 2 unspecified atom stereocenters. The second-order valence-electron chi connectivity index (χ2n) is 14.6. The van der Waals surface area contributed by atoms with Gasteiger partial charge >= 0.3 is 0 Å². The number of rotatable bonds is 6. The largest absolute Gasteiger partial charge is 0.388 e. The Balaban J connectivity index is 2.28. The van der Waals surface area contributed by atoms with E-state index in [2.05, 4.69) is 41.5 Å². The van der Waals surface area contributed by atoms with E-state index in [0.29, 0.717) is 38.5 Å². The fourth-order valence-electron chi connectivity index (χ4n) is 8.19. The Labute approximate surface area is 219 Å². The number of aliphatic hydroxyl groups is 2. The van der Waals surface area contributed by atoms with Gasteiger partial charge in [-0.2, -0.15) is 0 Å². The third-order valence-corrected chi connectivity index (χ3v) is 9.48. The Kier molecular flexibility index (Phi) is 8.62. The minimum atomic E-state index is -1.28. The molecule has 0 saturated heterocycles. The molecule has 0 aromatic heterocycles. The van der Waals surface area contributed by atoms with Crippen molar-refractivity contribution in [2.24, 2.45) is 22.0 Å². The van der Waals surface area contributed by atoms with E-state index in [4.69, 9.17) is 5.73 Å². The summed E-state index contributed by atoms with van der Waals surface area (Å²) in [6, 6.07) is -1.07. The molecule has 0 aliphatic heterocycles. The quantitative estimate of drug-likeness (QED) is 0.416. The molecule has 0 heterocycles. The topological polar surface area (TPSA) is 104 Å². The summed E-state index contributed by atoms with van der Waals surface area (Å²) < 4.78 is 0. The molecular weight excluding hydrogens is 452 g/mol. The van der Waals surface area contributed by atoms with Gasteiger partial charge in [0, 0.05) is 0 Å². The Morgan fingerprint density at radius 2 is 0.944 bits per heavy atom. The summed E-state index contributed by atoms with van der Waals surface area (Å²) in [5.74, 6) is -0.809. The van der Waals surface area contributed by atoms with Crippen molar-refractivity contribution in [3.05, 3.63) is 0 Å². The number of hydrogen-bond acceptors (Lipinski definition) is 4. The zero-order valence-corrected chi connectivity index (χ0v) is 24.0. The predicted molar refractivity (Wildman–Crippen MR) is 144 cm³/mol. The smallest absolute Gasteiger partial charge is 0.238 e. The summed E-state index contributed by atoms with van der Waals surface area (Å²) in [5, 5.41) is 24.6. The first-order chi connectivity index (χ1) is 16.6.